The summed E-state index contributed by atoms with van der Waals surface area (Å²) >= 11 is 0. The molecule has 0 saturated carbocycles. The number of hydrogen-bond donors (Lipinski definition) is 0. The molecular formula is C56H32N6. The molecule has 0 radical (unpaired) electrons. The van der Waals surface area contributed by atoms with Crippen LogP contribution in [0.1, 0.15) is 16.7 Å². The second-order valence-corrected chi connectivity index (χ2v) is 15.3. The highest BCUT2D eigenvalue weighted by Crippen LogP contribution is 2.42. The van der Waals surface area contributed by atoms with Crippen molar-refractivity contribution >= 4 is 43.6 Å². The number of rotatable bonds is 6. The van der Waals surface area contributed by atoms with Gasteiger partial charge in [-0.05, 0) is 95.1 Å². The van der Waals surface area contributed by atoms with Crippen molar-refractivity contribution in [3.05, 3.63) is 211 Å². The van der Waals surface area contributed by atoms with E-state index in [9.17, 15) is 15.8 Å². The molecule has 11 aromatic rings. The minimum Gasteiger partial charge on any atom is -0.307 e. The molecule has 3 heterocycles. The first-order valence-corrected chi connectivity index (χ1v) is 20.3. The van der Waals surface area contributed by atoms with Gasteiger partial charge in [0.25, 0.3) is 0 Å². The van der Waals surface area contributed by atoms with Gasteiger partial charge in [0.05, 0.1) is 79.7 Å². The minimum atomic E-state index is 0.495. The fourth-order valence-electron chi connectivity index (χ4n) is 8.89. The molecule has 0 atom stereocenters. The summed E-state index contributed by atoms with van der Waals surface area (Å²) in [6.45, 7) is 0. The third-order valence-corrected chi connectivity index (χ3v) is 11.9. The van der Waals surface area contributed by atoms with Gasteiger partial charge in [-0.3, -0.25) is 0 Å². The Morgan fingerprint density at radius 2 is 0.806 bits per heavy atom. The molecule has 0 aliphatic heterocycles. The van der Waals surface area contributed by atoms with Gasteiger partial charge in [0, 0.05) is 32.7 Å². The van der Waals surface area contributed by atoms with E-state index in [1.54, 1.807) is 0 Å². The Morgan fingerprint density at radius 1 is 0.339 bits per heavy atom. The Balaban J connectivity index is 1.25. The molecule has 0 spiro atoms. The third kappa shape index (κ3) is 5.89. The molecule has 0 saturated heterocycles. The lowest BCUT2D eigenvalue weighted by molar-refractivity contribution is 1.09. The summed E-state index contributed by atoms with van der Waals surface area (Å²) in [6, 6.07) is 72.6. The molecule has 0 aliphatic rings. The Bertz CT molecular complexity index is 3700. The summed E-state index contributed by atoms with van der Waals surface area (Å²) in [4.78, 5) is 5.18. The van der Waals surface area contributed by atoms with E-state index < -0.39 is 0 Å². The lowest BCUT2D eigenvalue weighted by atomic mass is 10.00. The number of benzene rings is 8. The van der Waals surface area contributed by atoms with E-state index in [-0.39, 0.29) is 0 Å². The number of hydrogen-bond acceptors (Lipinski definition) is 4. The van der Waals surface area contributed by atoms with Gasteiger partial charge >= 0.3 is 0 Å². The first-order chi connectivity index (χ1) is 30.6. The first kappa shape index (κ1) is 36.1. The topological polar surface area (TPSA) is 94.1 Å². The van der Waals surface area contributed by atoms with Gasteiger partial charge in [-0.2, -0.15) is 15.8 Å². The average Bonchev–Trinajstić information content (AvgIpc) is 3.86. The number of fused-ring (bicyclic) bond motifs is 6. The van der Waals surface area contributed by atoms with Crippen molar-refractivity contribution in [1.82, 2.24) is 14.1 Å². The van der Waals surface area contributed by atoms with E-state index in [4.69, 9.17) is 4.98 Å². The van der Waals surface area contributed by atoms with Crippen molar-refractivity contribution in [1.29, 1.82) is 15.8 Å². The lowest BCUT2D eigenvalue weighted by Gasteiger charge is -2.20. The molecule has 0 unspecified atom stereocenters. The van der Waals surface area contributed by atoms with E-state index in [1.807, 2.05) is 103 Å². The molecule has 8 aromatic carbocycles. The largest absolute Gasteiger partial charge is 0.307 e. The van der Waals surface area contributed by atoms with Crippen LogP contribution in [0.2, 0.25) is 0 Å². The number of pyridine rings is 1. The van der Waals surface area contributed by atoms with Gasteiger partial charge in [-0.1, -0.05) is 121 Å². The predicted molar refractivity (Wildman–Crippen MR) is 249 cm³/mol. The number of para-hydroxylation sites is 2. The highest BCUT2D eigenvalue weighted by atomic mass is 15.1. The molecule has 286 valence electrons. The second-order valence-electron chi connectivity index (χ2n) is 15.3. The fraction of sp³-hybridized carbons (Fsp3) is 0. The second kappa shape index (κ2) is 14.7. The molecule has 0 bridgehead atoms. The molecule has 0 fully saturated rings. The summed E-state index contributed by atoms with van der Waals surface area (Å²) in [5.41, 5.74) is 14.7. The summed E-state index contributed by atoms with van der Waals surface area (Å²) in [5.74, 6) is 0. The zero-order valence-corrected chi connectivity index (χ0v) is 33.2. The Labute approximate surface area is 357 Å². The van der Waals surface area contributed by atoms with Crippen LogP contribution in [-0.2, 0) is 0 Å². The molecule has 0 amide bonds. The molecule has 0 N–H and O–H groups in total. The standard InChI is InChI=1S/C56H32N6/c57-33-36-17-21-38(22-18-36)41-25-27-46-44-11-4-6-15-51(44)61(53(46)29-41)55-31-43(35-59)48(50-14-8-13-49(60-50)40-9-2-1-3-10-40)32-56(55)62-52-16-7-5-12-45(52)47-28-26-42(30-54(47)62)39-23-19-37(34-58)20-24-39/h1-32H. The number of nitriles is 3. The van der Waals surface area contributed by atoms with Gasteiger partial charge in [0.15, 0.2) is 0 Å². The number of nitrogens with zero attached hydrogens (tertiary/aromatic N) is 6. The average molecular weight is 789 g/mol. The summed E-state index contributed by atoms with van der Waals surface area (Å²) in [5, 5.41) is 34.5. The maximum atomic E-state index is 11.1. The van der Waals surface area contributed by atoms with E-state index in [0.717, 1.165) is 94.1 Å². The predicted octanol–water partition coefficient (Wildman–Crippen LogP) is 13.6. The molecule has 6 nitrogen and oxygen atoms in total. The van der Waals surface area contributed by atoms with Crippen LogP contribution in [0.25, 0.3) is 99.8 Å². The normalized spacial score (nSPS) is 11.2. The van der Waals surface area contributed by atoms with Crippen LogP contribution < -0.4 is 0 Å². The van der Waals surface area contributed by atoms with Crippen molar-refractivity contribution in [3.8, 4) is 74.4 Å². The van der Waals surface area contributed by atoms with Crippen molar-refractivity contribution in [3.63, 3.8) is 0 Å². The highest BCUT2D eigenvalue weighted by Gasteiger charge is 2.23. The Hall–Kier alpha value is -9.02. The van der Waals surface area contributed by atoms with Gasteiger partial charge in [0.2, 0.25) is 0 Å². The van der Waals surface area contributed by atoms with Crippen LogP contribution in [0.3, 0.4) is 0 Å². The quantitative estimate of drug-likeness (QED) is 0.168. The Morgan fingerprint density at radius 3 is 1.34 bits per heavy atom. The van der Waals surface area contributed by atoms with E-state index in [1.165, 1.54) is 0 Å². The monoisotopic (exact) mass is 788 g/mol. The van der Waals surface area contributed by atoms with Crippen LogP contribution in [0.4, 0.5) is 0 Å². The first-order valence-electron chi connectivity index (χ1n) is 20.3. The van der Waals surface area contributed by atoms with Crippen molar-refractivity contribution < 1.29 is 0 Å². The highest BCUT2D eigenvalue weighted by molar-refractivity contribution is 6.13. The summed E-state index contributed by atoms with van der Waals surface area (Å²) < 4.78 is 4.61. The van der Waals surface area contributed by atoms with Crippen molar-refractivity contribution in [2.24, 2.45) is 0 Å². The fourth-order valence-corrected chi connectivity index (χ4v) is 8.89. The minimum absolute atomic E-state index is 0.495. The van der Waals surface area contributed by atoms with Gasteiger partial charge in [-0.15, -0.1) is 0 Å². The van der Waals surface area contributed by atoms with Crippen LogP contribution in [0.15, 0.2) is 194 Å². The SMILES string of the molecule is N#Cc1ccc(-c2ccc3c4ccccc4n(-c4cc(C#N)c(-c5cccc(-c6ccccc6)n5)cc4-n4c5ccccc5c5ccc(-c6ccc(C#N)cc6)cc54)c3c2)cc1. The molecule has 0 aliphatic carbocycles. The Kier molecular flexibility index (Phi) is 8.54. The zero-order valence-electron chi connectivity index (χ0n) is 33.2. The molecule has 6 heteroatoms. The van der Waals surface area contributed by atoms with Crippen LogP contribution in [0.5, 0.6) is 0 Å². The van der Waals surface area contributed by atoms with Gasteiger partial charge in [0.1, 0.15) is 0 Å². The molecule has 3 aromatic heterocycles. The molecular weight excluding hydrogens is 757 g/mol. The molecule has 62 heavy (non-hydrogen) atoms. The van der Waals surface area contributed by atoms with Crippen LogP contribution in [-0.4, -0.2) is 14.1 Å². The van der Waals surface area contributed by atoms with Crippen LogP contribution in [0, 0.1) is 34.0 Å². The summed E-state index contributed by atoms with van der Waals surface area (Å²) in [7, 11) is 0. The maximum Gasteiger partial charge on any atom is 0.0999 e. The number of aromatic nitrogens is 3. The van der Waals surface area contributed by atoms with Crippen LogP contribution >= 0.6 is 0 Å². The smallest absolute Gasteiger partial charge is 0.0999 e. The maximum absolute atomic E-state index is 11.1. The van der Waals surface area contributed by atoms with Gasteiger partial charge in [-0.25, -0.2) is 4.98 Å². The van der Waals surface area contributed by atoms with Crippen molar-refractivity contribution in [2.75, 3.05) is 0 Å². The third-order valence-electron chi connectivity index (χ3n) is 11.9. The van der Waals surface area contributed by atoms with E-state index in [2.05, 4.69) is 118 Å². The van der Waals surface area contributed by atoms with Gasteiger partial charge < -0.3 is 9.13 Å². The lowest BCUT2D eigenvalue weighted by Crippen LogP contribution is -2.06. The van der Waals surface area contributed by atoms with Crippen molar-refractivity contribution in [2.45, 2.75) is 0 Å². The van der Waals surface area contributed by atoms with E-state index in [0.29, 0.717) is 22.4 Å². The molecule has 11 rings (SSSR count). The van der Waals surface area contributed by atoms with E-state index >= 15 is 0 Å². The zero-order chi connectivity index (χ0) is 41.7. The summed E-state index contributed by atoms with van der Waals surface area (Å²) in [6.07, 6.45) is 0.